The smallest absolute Gasteiger partial charge is 0.227 e. The lowest BCUT2D eigenvalue weighted by Gasteiger charge is -2.24. The van der Waals surface area contributed by atoms with Crippen molar-refractivity contribution < 1.29 is 9.53 Å². The van der Waals surface area contributed by atoms with Crippen LogP contribution in [0.1, 0.15) is 11.3 Å². The number of para-hydroxylation sites is 1. The largest absolute Gasteiger partial charge is 0.492 e. The van der Waals surface area contributed by atoms with E-state index in [1.165, 1.54) is 0 Å². The first-order valence-corrected chi connectivity index (χ1v) is 6.71. The summed E-state index contributed by atoms with van der Waals surface area (Å²) >= 11 is 0. The number of fused-ring (bicyclic) bond motifs is 1. The molecule has 1 aromatic heterocycles. The van der Waals surface area contributed by atoms with E-state index in [9.17, 15) is 4.79 Å². The van der Waals surface area contributed by atoms with Gasteiger partial charge in [0, 0.05) is 6.20 Å². The molecule has 4 nitrogen and oxygen atoms in total. The second kappa shape index (κ2) is 5.74. The minimum Gasteiger partial charge on any atom is -0.492 e. The van der Waals surface area contributed by atoms with E-state index in [0.717, 1.165) is 23.4 Å². The fourth-order valence-corrected chi connectivity index (χ4v) is 2.32. The van der Waals surface area contributed by atoms with Gasteiger partial charge in [0.25, 0.3) is 0 Å². The number of benzene rings is 1. The van der Waals surface area contributed by atoms with Crippen molar-refractivity contribution in [3.63, 3.8) is 0 Å². The molecule has 3 rings (SSSR count). The predicted octanol–water partition coefficient (Wildman–Crippen LogP) is 1.95. The maximum atomic E-state index is 12.2. The van der Waals surface area contributed by atoms with E-state index in [-0.39, 0.29) is 11.8 Å². The summed E-state index contributed by atoms with van der Waals surface area (Å²) in [5, 5.41) is 2.92. The van der Waals surface area contributed by atoms with E-state index < -0.39 is 0 Å². The summed E-state index contributed by atoms with van der Waals surface area (Å²) in [6.45, 7) is 0.892. The number of amides is 1. The van der Waals surface area contributed by atoms with Crippen LogP contribution in [-0.4, -0.2) is 17.5 Å². The van der Waals surface area contributed by atoms with Gasteiger partial charge < -0.3 is 10.1 Å². The molecule has 20 heavy (non-hydrogen) atoms. The number of nitrogens with zero attached hydrogens (tertiary/aromatic N) is 1. The Balaban J connectivity index is 1.59. The van der Waals surface area contributed by atoms with Crippen LogP contribution in [0.4, 0.5) is 0 Å². The van der Waals surface area contributed by atoms with Gasteiger partial charge in [-0.1, -0.05) is 24.3 Å². The highest BCUT2D eigenvalue weighted by molar-refractivity contribution is 5.79. The average molecular weight is 268 g/mol. The van der Waals surface area contributed by atoms with Gasteiger partial charge >= 0.3 is 0 Å². The van der Waals surface area contributed by atoms with Crippen molar-refractivity contribution in [2.75, 3.05) is 6.61 Å². The normalized spacial score (nSPS) is 16.9. The van der Waals surface area contributed by atoms with E-state index in [1.807, 2.05) is 42.5 Å². The molecule has 0 fully saturated rings. The second-order valence-electron chi connectivity index (χ2n) is 4.86. The van der Waals surface area contributed by atoms with Crippen molar-refractivity contribution in [2.24, 2.45) is 5.92 Å². The number of nitrogens with one attached hydrogen (secondary N) is 1. The van der Waals surface area contributed by atoms with Gasteiger partial charge in [0.2, 0.25) is 5.91 Å². The standard InChI is InChI=1S/C16H16N2O2/c19-16(18-10-14-6-3-4-8-17-14)13-9-12-5-1-2-7-15(12)20-11-13/h1-8,13H,9-11H2,(H,18,19). The van der Waals surface area contributed by atoms with Crippen LogP contribution in [0.2, 0.25) is 0 Å². The third kappa shape index (κ3) is 2.79. The lowest BCUT2D eigenvalue weighted by molar-refractivity contribution is -0.126. The van der Waals surface area contributed by atoms with Crippen LogP contribution in [0.15, 0.2) is 48.7 Å². The molecule has 0 spiro atoms. The van der Waals surface area contributed by atoms with E-state index in [0.29, 0.717) is 13.2 Å². The molecule has 1 amide bonds. The Labute approximate surface area is 117 Å². The summed E-state index contributed by atoms with van der Waals surface area (Å²) < 4.78 is 5.63. The fourth-order valence-electron chi connectivity index (χ4n) is 2.32. The summed E-state index contributed by atoms with van der Waals surface area (Å²) in [7, 11) is 0. The highest BCUT2D eigenvalue weighted by atomic mass is 16.5. The molecule has 0 aliphatic carbocycles. The average Bonchev–Trinajstić information content (AvgIpc) is 2.53. The lowest BCUT2D eigenvalue weighted by Crippen LogP contribution is -2.37. The molecule has 0 radical (unpaired) electrons. The van der Waals surface area contributed by atoms with E-state index >= 15 is 0 Å². The Kier molecular flexibility index (Phi) is 3.63. The maximum Gasteiger partial charge on any atom is 0.227 e. The van der Waals surface area contributed by atoms with Gasteiger partial charge in [-0.15, -0.1) is 0 Å². The number of carbonyl (C=O) groups is 1. The molecule has 1 aromatic carbocycles. The summed E-state index contributed by atoms with van der Waals surface area (Å²) in [4.78, 5) is 16.3. The second-order valence-corrected chi connectivity index (χ2v) is 4.86. The van der Waals surface area contributed by atoms with Crippen LogP contribution < -0.4 is 10.1 Å². The molecule has 0 bridgehead atoms. The zero-order chi connectivity index (χ0) is 13.8. The van der Waals surface area contributed by atoms with Crippen LogP contribution in [0.3, 0.4) is 0 Å². The molecule has 1 N–H and O–H groups in total. The summed E-state index contributed by atoms with van der Waals surface area (Å²) in [6.07, 6.45) is 2.45. The topological polar surface area (TPSA) is 51.2 Å². The van der Waals surface area contributed by atoms with Gasteiger partial charge in [0.1, 0.15) is 12.4 Å². The fraction of sp³-hybridized carbons (Fsp3) is 0.250. The highest BCUT2D eigenvalue weighted by Gasteiger charge is 2.25. The Morgan fingerprint density at radius 1 is 1.25 bits per heavy atom. The third-order valence-corrected chi connectivity index (χ3v) is 3.42. The molecule has 4 heteroatoms. The molecule has 102 valence electrons. The zero-order valence-corrected chi connectivity index (χ0v) is 11.1. The number of rotatable bonds is 3. The van der Waals surface area contributed by atoms with Crippen LogP contribution in [0.5, 0.6) is 5.75 Å². The Hall–Kier alpha value is -2.36. The number of carbonyl (C=O) groups excluding carboxylic acids is 1. The minimum absolute atomic E-state index is 0.0187. The summed E-state index contributed by atoms with van der Waals surface area (Å²) in [5.41, 5.74) is 1.95. The van der Waals surface area contributed by atoms with Crippen LogP contribution >= 0.6 is 0 Å². The van der Waals surface area contributed by atoms with Gasteiger partial charge in [-0.2, -0.15) is 0 Å². The first-order chi connectivity index (χ1) is 9.83. The van der Waals surface area contributed by atoms with Gasteiger partial charge in [-0.05, 0) is 30.2 Å². The first kappa shape index (κ1) is 12.7. The molecule has 2 heterocycles. The summed E-state index contributed by atoms with van der Waals surface area (Å²) in [6, 6.07) is 13.5. The van der Waals surface area contributed by atoms with Crippen LogP contribution in [0, 0.1) is 5.92 Å². The zero-order valence-electron chi connectivity index (χ0n) is 11.1. The van der Waals surface area contributed by atoms with E-state index in [2.05, 4.69) is 10.3 Å². The molecule has 1 aliphatic rings. The highest BCUT2D eigenvalue weighted by Crippen LogP contribution is 2.26. The maximum absolute atomic E-state index is 12.2. The quantitative estimate of drug-likeness (QED) is 0.925. The SMILES string of the molecule is O=C(NCc1ccccn1)C1COc2ccccc2C1. The van der Waals surface area contributed by atoms with Crippen LogP contribution in [-0.2, 0) is 17.8 Å². The molecule has 2 aromatic rings. The van der Waals surface area contributed by atoms with E-state index in [1.54, 1.807) is 6.20 Å². The monoisotopic (exact) mass is 268 g/mol. The Morgan fingerprint density at radius 2 is 2.10 bits per heavy atom. The molecular weight excluding hydrogens is 252 g/mol. The number of hydrogen-bond donors (Lipinski definition) is 1. The van der Waals surface area contributed by atoms with Crippen molar-refractivity contribution in [3.8, 4) is 5.75 Å². The lowest BCUT2D eigenvalue weighted by atomic mass is 9.96. The number of aromatic nitrogens is 1. The number of pyridine rings is 1. The van der Waals surface area contributed by atoms with Gasteiger partial charge in [0.05, 0.1) is 18.2 Å². The Morgan fingerprint density at radius 3 is 2.95 bits per heavy atom. The van der Waals surface area contributed by atoms with Crippen molar-refractivity contribution in [1.29, 1.82) is 0 Å². The van der Waals surface area contributed by atoms with Crippen molar-refractivity contribution in [1.82, 2.24) is 10.3 Å². The number of hydrogen-bond acceptors (Lipinski definition) is 3. The summed E-state index contributed by atoms with van der Waals surface area (Å²) in [5.74, 6) is 0.778. The molecular formula is C16H16N2O2. The minimum atomic E-state index is -0.131. The molecule has 0 saturated carbocycles. The number of ether oxygens (including phenoxy) is 1. The first-order valence-electron chi connectivity index (χ1n) is 6.71. The van der Waals surface area contributed by atoms with Crippen molar-refractivity contribution in [2.45, 2.75) is 13.0 Å². The molecule has 1 atom stereocenters. The molecule has 1 unspecified atom stereocenters. The third-order valence-electron chi connectivity index (χ3n) is 3.42. The predicted molar refractivity (Wildman–Crippen MR) is 75.2 cm³/mol. The van der Waals surface area contributed by atoms with E-state index in [4.69, 9.17) is 4.74 Å². The van der Waals surface area contributed by atoms with Crippen molar-refractivity contribution >= 4 is 5.91 Å². The van der Waals surface area contributed by atoms with Crippen LogP contribution in [0.25, 0.3) is 0 Å². The van der Waals surface area contributed by atoms with Crippen molar-refractivity contribution in [3.05, 3.63) is 59.9 Å². The Bertz CT molecular complexity index is 598. The van der Waals surface area contributed by atoms with Gasteiger partial charge in [-0.3, -0.25) is 9.78 Å². The van der Waals surface area contributed by atoms with Gasteiger partial charge in [-0.25, -0.2) is 0 Å². The molecule has 0 saturated heterocycles. The van der Waals surface area contributed by atoms with Gasteiger partial charge in [0.15, 0.2) is 0 Å². The molecule has 1 aliphatic heterocycles.